The van der Waals surface area contributed by atoms with Crippen LogP contribution in [0.25, 0.3) is 0 Å². The maximum Gasteiger partial charge on any atom is 0.483 e. The minimum atomic E-state index is -4.16. The standard InChI is InChI=1S/C22H27BN4O5S/c28-22(24-21-18-8-1-4-14(18)12-15-5-2-9-19(15)21)26-33(31,32)20-10-11-27(25-20)17-7-3-6-16(13-17)23(29)30/h6,10-12,17,29-30H,1-5,7-9,13H2,(H2,24,26,28). The Balaban J connectivity index is 1.31. The molecular weight excluding hydrogens is 443 g/mol. The summed E-state index contributed by atoms with van der Waals surface area (Å²) in [6.07, 6.45) is 10.9. The van der Waals surface area contributed by atoms with Crippen LogP contribution < -0.4 is 10.0 Å². The van der Waals surface area contributed by atoms with Gasteiger partial charge in [-0.1, -0.05) is 12.1 Å². The number of aromatic nitrogens is 2. The third-order valence-corrected chi connectivity index (χ3v) is 8.10. The molecule has 33 heavy (non-hydrogen) atoms. The first-order valence-corrected chi connectivity index (χ1v) is 12.9. The smallest absolute Gasteiger partial charge is 0.423 e. The van der Waals surface area contributed by atoms with E-state index in [-0.39, 0.29) is 11.1 Å². The van der Waals surface area contributed by atoms with Crippen LogP contribution in [-0.2, 0) is 35.7 Å². The Kier molecular flexibility index (Phi) is 5.80. The van der Waals surface area contributed by atoms with Gasteiger partial charge in [0.05, 0.1) is 6.04 Å². The molecule has 3 aliphatic carbocycles. The molecule has 0 radical (unpaired) electrons. The van der Waals surface area contributed by atoms with Gasteiger partial charge >= 0.3 is 13.1 Å². The molecule has 0 bridgehead atoms. The lowest BCUT2D eigenvalue weighted by Gasteiger charge is -2.22. The average molecular weight is 470 g/mol. The van der Waals surface area contributed by atoms with E-state index in [1.54, 1.807) is 12.3 Å². The molecular formula is C22H27BN4O5S. The first-order valence-electron chi connectivity index (χ1n) is 11.4. The lowest BCUT2D eigenvalue weighted by molar-refractivity contribution is 0.256. The van der Waals surface area contributed by atoms with Gasteiger partial charge in [0, 0.05) is 11.9 Å². The second kappa shape index (κ2) is 8.62. The first kappa shape index (κ1) is 22.2. The molecule has 1 aromatic carbocycles. The maximum absolute atomic E-state index is 12.8. The molecule has 1 atom stereocenters. The fraction of sp³-hybridized carbons (Fsp3) is 0.455. The molecule has 4 N–H and O–H groups in total. The summed E-state index contributed by atoms with van der Waals surface area (Å²) < 4.78 is 29.3. The second-order valence-electron chi connectivity index (χ2n) is 9.02. The number of allylic oxidation sites excluding steroid dienone is 2. The van der Waals surface area contributed by atoms with Gasteiger partial charge in [-0.2, -0.15) is 13.5 Å². The Morgan fingerprint density at radius 1 is 1.12 bits per heavy atom. The van der Waals surface area contributed by atoms with Gasteiger partial charge < -0.3 is 15.4 Å². The predicted octanol–water partition coefficient (Wildman–Crippen LogP) is 2.03. The SMILES string of the molecule is O=C(Nc1c2c(cc3c1CCC3)CCC2)NS(=O)(=O)c1ccn(C2CCC=C(B(O)O)C2)n1. The lowest BCUT2D eigenvalue weighted by Crippen LogP contribution is -2.35. The maximum atomic E-state index is 12.8. The van der Waals surface area contributed by atoms with Crippen LogP contribution in [0.5, 0.6) is 0 Å². The highest BCUT2D eigenvalue weighted by molar-refractivity contribution is 7.90. The van der Waals surface area contributed by atoms with Crippen molar-refractivity contribution in [1.82, 2.24) is 14.5 Å². The van der Waals surface area contributed by atoms with E-state index in [0.717, 1.165) is 55.3 Å². The number of rotatable bonds is 5. The Labute approximate surface area is 193 Å². The molecule has 9 nitrogen and oxygen atoms in total. The number of sulfonamides is 1. The van der Waals surface area contributed by atoms with E-state index >= 15 is 0 Å². The van der Waals surface area contributed by atoms with Crippen LogP contribution in [0.3, 0.4) is 0 Å². The summed E-state index contributed by atoms with van der Waals surface area (Å²) in [5.41, 5.74) is 6.02. The number of urea groups is 1. The first-order chi connectivity index (χ1) is 15.8. The molecule has 1 heterocycles. The number of carbonyl (C=O) groups is 1. The van der Waals surface area contributed by atoms with Crippen molar-refractivity contribution in [3.05, 3.63) is 52.1 Å². The van der Waals surface area contributed by atoms with E-state index in [1.807, 2.05) is 0 Å². The molecule has 0 saturated heterocycles. The minimum absolute atomic E-state index is 0.181. The fourth-order valence-electron chi connectivity index (χ4n) is 5.30. The number of carbonyl (C=O) groups excluding carboxylic acids is 1. The highest BCUT2D eigenvalue weighted by Crippen LogP contribution is 2.38. The monoisotopic (exact) mass is 470 g/mol. The van der Waals surface area contributed by atoms with Gasteiger partial charge in [0.25, 0.3) is 10.0 Å². The zero-order valence-corrected chi connectivity index (χ0v) is 19.1. The number of nitrogens with zero attached hydrogens (tertiary/aromatic N) is 2. The summed E-state index contributed by atoms with van der Waals surface area (Å²) in [6, 6.07) is 2.63. The van der Waals surface area contributed by atoms with Gasteiger partial charge in [0.1, 0.15) is 0 Å². The fourth-order valence-corrected chi connectivity index (χ4v) is 6.14. The Hall–Kier alpha value is -2.63. The van der Waals surface area contributed by atoms with E-state index in [2.05, 4.69) is 21.2 Å². The Bertz CT molecular complexity index is 1210. The summed E-state index contributed by atoms with van der Waals surface area (Å²) in [6.45, 7) is 0. The normalized spacial score (nSPS) is 19.6. The molecule has 2 amide bonds. The molecule has 1 unspecified atom stereocenters. The molecule has 0 saturated carbocycles. The van der Waals surface area contributed by atoms with Crippen LogP contribution in [0.1, 0.15) is 60.4 Å². The minimum Gasteiger partial charge on any atom is -0.423 e. The van der Waals surface area contributed by atoms with Crippen molar-refractivity contribution >= 4 is 28.9 Å². The largest absolute Gasteiger partial charge is 0.483 e. The van der Waals surface area contributed by atoms with Crippen LogP contribution >= 0.6 is 0 Å². The van der Waals surface area contributed by atoms with Gasteiger partial charge in [-0.3, -0.25) is 4.68 Å². The number of hydrogen-bond acceptors (Lipinski definition) is 6. The van der Waals surface area contributed by atoms with Crippen LogP contribution in [-0.4, -0.2) is 41.4 Å². The summed E-state index contributed by atoms with van der Waals surface area (Å²) in [4.78, 5) is 12.7. The van der Waals surface area contributed by atoms with Crippen molar-refractivity contribution in [3.8, 4) is 0 Å². The summed E-state index contributed by atoms with van der Waals surface area (Å²) in [5.74, 6) is 0. The molecule has 0 spiro atoms. The lowest BCUT2D eigenvalue weighted by atomic mass is 9.72. The van der Waals surface area contributed by atoms with Gasteiger partial charge in [-0.05, 0) is 91.6 Å². The molecule has 0 aliphatic heterocycles. The number of fused-ring (bicyclic) bond motifs is 2. The van der Waals surface area contributed by atoms with Gasteiger partial charge in [0.2, 0.25) is 0 Å². The van der Waals surface area contributed by atoms with E-state index in [9.17, 15) is 23.3 Å². The molecule has 5 rings (SSSR count). The molecule has 0 fully saturated rings. The van der Waals surface area contributed by atoms with E-state index < -0.39 is 23.2 Å². The van der Waals surface area contributed by atoms with Gasteiger partial charge in [0.15, 0.2) is 5.03 Å². The quantitative estimate of drug-likeness (QED) is 0.495. The zero-order valence-electron chi connectivity index (χ0n) is 18.2. The van der Waals surface area contributed by atoms with Gasteiger partial charge in [-0.15, -0.1) is 0 Å². The number of hydrogen-bond donors (Lipinski definition) is 4. The molecule has 2 aromatic rings. The predicted molar refractivity (Wildman–Crippen MR) is 123 cm³/mol. The Morgan fingerprint density at radius 2 is 1.82 bits per heavy atom. The third-order valence-electron chi connectivity index (χ3n) is 6.88. The highest BCUT2D eigenvalue weighted by atomic mass is 32.2. The molecule has 11 heteroatoms. The Morgan fingerprint density at radius 3 is 2.48 bits per heavy atom. The van der Waals surface area contributed by atoms with Crippen LogP contribution in [0.2, 0.25) is 0 Å². The van der Waals surface area contributed by atoms with Crippen molar-refractivity contribution in [1.29, 1.82) is 0 Å². The van der Waals surface area contributed by atoms with E-state index in [4.69, 9.17) is 0 Å². The zero-order chi connectivity index (χ0) is 23.2. The number of aryl methyl sites for hydroxylation is 2. The topological polar surface area (TPSA) is 134 Å². The van der Waals surface area contributed by atoms with Crippen LogP contribution in [0.4, 0.5) is 10.5 Å². The highest BCUT2D eigenvalue weighted by Gasteiger charge is 2.29. The van der Waals surface area contributed by atoms with Crippen molar-refractivity contribution in [2.75, 3.05) is 5.32 Å². The van der Waals surface area contributed by atoms with Gasteiger partial charge in [-0.25, -0.2) is 9.52 Å². The number of amides is 2. The summed E-state index contributed by atoms with van der Waals surface area (Å²) in [7, 11) is -5.69. The van der Waals surface area contributed by atoms with Crippen molar-refractivity contribution in [3.63, 3.8) is 0 Å². The van der Waals surface area contributed by atoms with Crippen molar-refractivity contribution < 1.29 is 23.3 Å². The molecule has 1 aromatic heterocycles. The molecule has 3 aliphatic rings. The third kappa shape index (κ3) is 4.32. The number of nitrogens with one attached hydrogen (secondary N) is 2. The summed E-state index contributed by atoms with van der Waals surface area (Å²) in [5, 5.41) is 25.6. The summed E-state index contributed by atoms with van der Waals surface area (Å²) >= 11 is 0. The van der Waals surface area contributed by atoms with E-state index in [1.165, 1.54) is 21.9 Å². The molecule has 174 valence electrons. The average Bonchev–Trinajstić information content (AvgIpc) is 3.53. The second-order valence-corrected chi connectivity index (χ2v) is 10.6. The van der Waals surface area contributed by atoms with Crippen LogP contribution in [0.15, 0.2) is 34.9 Å². The van der Waals surface area contributed by atoms with Crippen molar-refractivity contribution in [2.24, 2.45) is 0 Å². The van der Waals surface area contributed by atoms with Crippen molar-refractivity contribution in [2.45, 2.75) is 68.9 Å². The van der Waals surface area contributed by atoms with E-state index in [0.29, 0.717) is 24.7 Å². The number of anilines is 1. The van der Waals surface area contributed by atoms with Crippen LogP contribution in [0, 0.1) is 0 Å². The number of benzene rings is 1.